The number of likely N-dealkylation sites (tertiary alicyclic amines) is 2. The summed E-state index contributed by atoms with van der Waals surface area (Å²) in [5, 5.41) is 30.7. The molecule has 0 radical (unpaired) electrons. The summed E-state index contributed by atoms with van der Waals surface area (Å²) in [6.45, 7) is 12.2. The van der Waals surface area contributed by atoms with Crippen LogP contribution in [-0.2, 0) is 25.7 Å². The molecule has 7 heterocycles. The van der Waals surface area contributed by atoms with Crippen LogP contribution in [0.3, 0.4) is 0 Å². The average Bonchev–Trinajstić information content (AvgIpc) is 4.20. The largest absolute Gasteiger partial charge is 0.393 e. The van der Waals surface area contributed by atoms with Gasteiger partial charge in [-0.1, -0.05) is 45.0 Å². The fourth-order valence-corrected chi connectivity index (χ4v) is 12.1. The molecule has 9 rings (SSSR count). The van der Waals surface area contributed by atoms with Crippen LogP contribution in [0.1, 0.15) is 89.1 Å². The molecule has 3 fully saturated rings. The Morgan fingerprint density at radius 3 is 2.44 bits per heavy atom. The number of aliphatic hydroxyl groups excluding tert-OH is 2. The lowest BCUT2D eigenvalue weighted by molar-refractivity contribution is -0.144. The lowest BCUT2D eigenvalue weighted by Crippen LogP contribution is -2.66. The number of ether oxygens (including phenoxy) is 1. The van der Waals surface area contributed by atoms with Crippen molar-refractivity contribution >= 4 is 51.7 Å². The molecule has 0 saturated carbocycles. The number of rotatable bonds is 20. The van der Waals surface area contributed by atoms with E-state index in [1.165, 1.54) is 17.3 Å². The number of benzene rings is 2. The molecule has 4 aromatic heterocycles. The quantitative estimate of drug-likeness (QED) is 0.0501. The lowest BCUT2D eigenvalue weighted by Gasteiger charge is -2.49. The van der Waals surface area contributed by atoms with E-state index in [4.69, 9.17) is 10.5 Å². The van der Waals surface area contributed by atoms with Gasteiger partial charge in [0.25, 0.3) is 0 Å². The number of nitrogens with zero attached hydrogens (tertiary/aromatic N) is 9. The number of halogens is 3. The highest BCUT2D eigenvalue weighted by molar-refractivity contribution is 7.13. The van der Waals surface area contributed by atoms with Crippen molar-refractivity contribution in [1.82, 2.24) is 55.2 Å². The molecule has 19 nitrogen and oxygen atoms in total. The van der Waals surface area contributed by atoms with Gasteiger partial charge in [0, 0.05) is 50.6 Å². The first-order chi connectivity index (χ1) is 38.3. The minimum absolute atomic E-state index is 0.00602. The molecule has 3 aliphatic heterocycles. The van der Waals surface area contributed by atoms with E-state index in [1.807, 2.05) is 69.0 Å². The van der Waals surface area contributed by atoms with E-state index >= 15 is 4.39 Å². The second-order valence-electron chi connectivity index (χ2n) is 22.5. The van der Waals surface area contributed by atoms with Crippen molar-refractivity contribution in [3.8, 4) is 21.7 Å². The number of aromatic nitrogens is 6. The fraction of sp³-hybridized carbons (Fsp3) is 0.509. The number of thiazole rings is 1. The number of hydrogen-bond acceptors (Lipinski definition) is 16. The van der Waals surface area contributed by atoms with E-state index in [2.05, 4.69) is 50.7 Å². The van der Waals surface area contributed by atoms with Crippen molar-refractivity contribution < 1.29 is 42.5 Å². The monoisotopic (exact) mass is 1120 g/mol. The van der Waals surface area contributed by atoms with Crippen molar-refractivity contribution in [2.75, 3.05) is 69.7 Å². The molecule has 6 aromatic rings. The number of aliphatic hydroxyl groups is 2. The van der Waals surface area contributed by atoms with Gasteiger partial charge in [-0.05, 0) is 99.0 Å². The van der Waals surface area contributed by atoms with Gasteiger partial charge in [0.1, 0.15) is 30.1 Å². The summed E-state index contributed by atoms with van der Waals surface area (Å²) in [5.74, 6) is -2.95. The molecule has 0 aliphatic carbocycles. The van der Waals surface area contributed by atoms with Crippen LogP contribution in [0.5, 0.6) is 0 Å². The van der Waals surface area contributed by atoms with Crippen molar-refractivity contribution in [2.45, 2.75) is 122 Å². The highest BCUT2D eigenvalue weighted by Gasteiger charge is 2.46. The molecule has 3 saturated heterocycles. The molecule has 3 aliphatic rings. The van der Waals surface area contributed by atoms with Crippen LogP contribution in [0.25, 0.3) is 32.9 Å². The molecular formula is C57H72F3N13O6S. The van der Waals surface area contributed by atoms with Crippen LogP contribution in [0.4, 0.5) is 24.7 Å². The number of aryl methyl sites for hydroxylation is 1. The Morgan fingerprint density at radius 1 is 0.963 bits per heavy atom. The SMILES string of the molecule is Cc1ncsc1-c1ccc([C@H](C)NC(=O)[C@@H]2C[C@@H](O)CN2C(=O)[C@@H](NC(=O)CCOCCN2CCC(N[C@]3([C@@H](F)CO)CCCN(c4cnc(-c5ccc(F)c(F)c5)cc4Cn4cnc5c(N)ncnc54)C3)CC2)C(C)(C)C)cc1. The van der Waals surface area contributed by atoms with E-state index in [-0.39, 0.29) is 68.8 Å². The van der Waals surface area contributed by atoms with E-state index < -0.39 is 59.5 Å². The Bertz CT molecular complexity index is 3130. The third-order valence-electron chi connectivity index (χ3n) is 15.7. The molecule has 2 aromatic carbocycles. The number of piperidine rings is 2. The average molecular weight is 1120 g/mol. The first kappa shape index (κ1) is 58.0. The summed E-state index contributed by atoms with van der Waals surface area (Å²) in [6, 6.07) is 11.0. The van der Waals surface area contributed by atoms with E-state index in [9.17, 15) is 33.4 Å². The van der Waals surface area contributed by atoms with Gasteiger partial charge in [-0.2, -0.15) is 0 Å². The number of carbonyl (C=O) groups excluding carboxylic acids is 3. The number of carbonyl (C=O) groups is 3. The normalized spacial score (nSPS) is 20.5. The van der Waals surface area contributed by atoms with Gasteiger partial charge in [0.2, 0.25) is 17.7 Å². The van der Waals surface area contributed by atoms with E-state index in [0.29, 0.717) is 73.7 Å². The Balaban J connectivity index is 0.757. The molecule has 23 heteroatoms. The summed E-state index contributed by atoms with van der Waals surface area (Å²) >= 11 is 1.56. The van der Waals surface area contributed by atoms with Gasteiger partial charge in [0.15, 0.2) is 23.1 Å². The van der Waals surface area contributed by atoms with Crippen LogP contribution in [-0.4, -0.2) is 162 Å². The zero-order chi connectivity index (χ0) is 56.9. The van der Waals surface area contributed by atoms with Gasteiger partial charge in [-0.3, -0.25) is 19.4 Å². The predicted octanol–water partition coefficient (Wildman–Crippen LogP) is 5.73. The van der Waals surface area contributed by atoms with Gasteiger partial charge in [-0.15, -0.1) is 11.3 Å². The van der Waals surface area contributed by atoms with Crippen LogP contribution in [0.2, 0.25) is 0 Å². The summed E-state index contributed by atoms with van der Waals surface area (Å²) in [7, 11) is 0. The molecular weight excluding hydrogens is 1050 g/mol. The molecule has 6 atom stereocenters. The Kier molecular flexibility index (Phi) is 18.2. The third-order valence-corrected chi connectivity index (χ3v) is 16.7. The maximum atomic E-state index is 16.3. The van der Waals surface area contributed by atoms with Crippen molar-refractivity contribution in [3.63, 3.8) is 0 Å². The third kappa shape index (κ3) is 13.2. The topological polar surface area (TPSA) is 242 Å². The predicted molar refractivity (Wildman–Crippen MR) is 299 cm³/mol. The smallest absolute Gasteiger partial charge is 0.246 e. The summed E-state index contributed by atoms with van der Waals surface area (Å²) in [5.41, 5.74) is 12.1. The number of amides is 3. The number of β-amino-alcohol motifs (C(OH)–C–C–N with tert-alkyl or cyclic N) is 1. The first-order valence-corrected chi connectivity index (χ1v) is 28.2. The molecule has 3 amide bonds. The number of nitrogens with one attached hydrogen (secondary N) is 3. The highest BCUT2D eigenvalue weighted by Crippen LogP contribution is 2.36. The summed E-state index contributed by atoms with van der Waals surface area (Å²) < 4.78 is 52.5. The Hall–Kier alpha value is -6.63. The van der Waals surface area contributed by atoms with Crippen LogP contribution < -0.4 is 26.6 Å². The summed E-state index contributed by atoms with van der Waals surface area (Å²) in [4.78, 5) is 70.1. The summed E-state index contributed by atoms with van der Waals surface area (Å²) in [6.07, 6.45) is 4.76. The molecule has 0 spiro atoms. The van der Waals surface area contributed by atoms with Crippen LogP contribution >= 0.6 is 11.3 Å². The highest BCUT2D eigenvalue weighted by atomic mass is 32.1. The standard InChI is InChI=1S/C57H72F3N13O6S/c1-34(36-7-9-37(10-8-36)50-35(2)66-33-80-50)67-54(77)45-25-41(75)28-73(45)55(78)51(56(3,4)5)68-48(76)15-21-79-22-20-70-18-13-40(14-19-70)69-57(47(60)29-74)16-6-17-71(30-57)46-26-62-44(38-11-12-42(58)43(59)23-38)24-39(46)27-72-32-65-49-52(61)63-31-64-53(49)72/h7-12,23-24,26,31-34,40-41,45,47,51,69,74-75H,6,13-22,25,27-30H2,1-5H3,(H,67,77)(H,68,76)(H2,61,63,64)/t34-,41+,45-,47-,51+,57+/m0/s1. The molecule has 428 valence electrons. The number of anilines is 2. The molecule has 80 heavy (non-hydrogen) atoms. The number of pyridine rings is 1. The number of alkyl halides is 1. The zero-order valence-electron chi connectivity index (χ0n) is 45.9. The van der Waals surface area contributed by atoms with Crippen molar-refractivity contribution in [3.05, 3.63) is 101 Å². The number of hydrogen-bond donors (Lipinski definition) is 6. The minimum atomic E-state index is -1.58. The van der Waals surface area contributed by atoms with Gasteiger partial charge < -0.3 is 55.9 Å². The number of imidazole rings is 1. The number of fused-ring (bicyclic) bond motifs is 1. The minimum Gasteiger partial charge on any atom is -0.393 e. The lowest BCUT2D eigenvalue weighted by atomic mass is 9.82. The van der Waals surface area contributed by atoms with Gasteiger partial charge in [-0.25, -0.2) is 33.1 Å². The first-order valence-electron chi connectivity index (χ1n) is 27.3. The van der Waals surface area contributed by atoms with Crippen LogP contribution in [0.15, 0.2) is 72.9 Å². The van der Waals surface area contributed by atoms with Crippen molar-refractivity contribution in [2.24, 2.45) is 5.41 Å². The van der Waals surface area contributed by atoms with Crippen LogP contribution in [0, 0.1) is 24.0 Å². The maximum Gasteiger partial charge on any atom is 0.246 e. The Labute approximate surface area is 467 Å². The van der Waals surface area contributed by atoms with Gasteiger partial charge >= 0.3 is 0 Å². The maximum absolute atomic E-state index is 16.3. The Morgan fingerprint density at radius 2 is 1.73 bits per heavy atom. The van der Waals surface area contributed by atoms with Gasteiger partial charge in [0.05, 0.1) is 84.0 Å². The fourth-order valence-electron chi connectivity index (χ4n) is 11.3. The number of nitrogens with two attached hydrogens (primary N) is 1. The molecule has 0 unspecified atom stereocenters. The second-order valence-corrected chi connectivity index (χ2v) is 23.3. The molecule has 7 N–H and O–H groups in total. The zero-order valence-corrected chi connectivity index (χ0v) is 46.7. The van der Waals surface area contributed by atoms with Crippen molar-refractivity contribution in [1.29, 1.82) is 0 Å². The number of nitrogen functional groups attached to an aromatic ring is 1. The molecule has 0 bridgehead atoms. The second kappa shape index (κ2) is 25.0. The van der Waals surface area contributed by atoms with E-state index in [1.54, 1.807) is 29.9 Å². The van der Waals surface area contributed by atoms with E-state index in [0.717, 1.165) is 52.2 Å².